The molecule has 6 nitrogen and oxygen atoms in total. The fourth-order valence-electron chi connectivity index (χ4n) is 5.09. The summed E-state index contributed by atoms with van der Waals surface area (Å²) in [6, 6.07) is 5.91. The molecular weight excluding hydrogens is 386 g/mol. The first-order chi connectivity index (χ1) is 13.9. The molecule has 1 aromatic rings. The summed E-state index contributed by atoms with van der Waals surface area (Å²) in [5, 5.41) is 3.22. The Balaban J connectivity index is 1.30. The van der Waals surface area contributed by atoms with Crippen LogP contribution < -0.4 is 10.2 Å². The van der Waals surface area contributed by atoms with Crippen LogP contribution in [0.2, 0.25) is 0 Å². The van der Waals surface area contributed by atoms with E-state index in [2.05, 4.69) is 12.2 Å². The van der Waals surface area contributed by atoms with Gasteiger partial charge < -0.3 is 10.2 Å². The second-order valence-electron chi connectivity index (χ2n) is 9.05. The molecule has 0 bridgehead atoms. The second kappa shape index (κ2) is 8.74. The van der Waals surface area contributed by atoms with Crippen LogP contribution in [0.3, 0.4) is 0 Å². The first-order valence-corrected chi connectivity index (χ1v) is 12.6. The van der Waals surface area contributed by atoms with E-state index in [0.29, 0.717) is 49.6 Å². The lowest BCUT2D eigenvalue weighted by Gasteiger charge is -2.33. The third-order valence-corrected chi connectivity index (χ3v) is 8.90. The van der Waals surface area contributed by atoms with Gasteiger partial charge in [0.25, 0.3) is 5.91 Å². The lowest BCUT2D eigenvalue weighted by Crippen LogP contribution is -3.15. The van der Waals surface area contributed by atoms with Crippen molar-refractivity contribution in [2.45, 2.75) is 62.8 Å². The van der Waals surface area contributed by atoms with Gasteiger partial charge in [0, 0.05) is 6.04 Å². The molecule has 29 heavy (non-hydrogen) atoms. The van der Waals surface area contributed by atoms with Crippen LogP contribution in [0.1, 0.15) is 50.2 Å². The van der Waals surface area contributed by atoms with Crippen molar-refractivity contribution < 1.29 is 18.1 Å². The third-order valence-electron chi connectivity index (χ3n) is 7.01. The summed E-state index contributed by atoms with van der Waals surface area (Å²) in [5.74, 6) is 0.658. The van der Waals surface area contributed by atoms with Crippen LogP contribution >= 0.6 is 0 Å². The molecule has 1 heterocycles. The minimum atomic E-state index is -3.45. The second-order valence-corrected chi connectivity index (χ2v) is 11.0. The van der Waals surface area contributed by atoms with E-state index in [-0.39, 0.29) is 5.91 Å². The van der Waals surface area contributed by atoms with Crippen molar-refractivity contribution in [1.82, 2.24) is 9.62 Å². The van der Waals surface area contributed by atoms with Crippen LogP contribution in [0.25, 0.3) is 0 Å². The number of quaternary nitrogens is 1. The monoisotopic (exact) mass is 420 g/mol. The van der Waals surface area contributed by atoms with Crippen LogP contribution in [0.4, 0.5) is 0 Å². The Bertz CT molecular complexity index is 847. The van der Waals surface area contributed by atoms with Crippen molar-refractivity contribution in [2.75, 3.05) is 32.7 Å². The quantitative estimate of drug-likeness (QED) is 0.739. The molecule has 1 saturated heterocycles. The van der Waals surface area contributed by atoms with Crippen molar-refractivity contribution in [3.8, 4) is 0 Å². The Labute approximate surface area is 174 Å². The summed E-state index contributed by atoms with van der Waals surface area (Å²) in [7, 11) is -3.45. The molecule has 7 heteroatoms. The first kappa shape index (κ1) is 20.8. The fourth-order valence-corrected chi connectivity index (χ4v) is 6.59. The standard InChI is InChI=1S/C22H33N3O3S/c1-17-5-2-3-8-21(17)23-22(26)16-24-11-13-25(14-12-24)29(27,28)20-10-9-18-6-4-7-19(18)15-20/h9-10,15,17,21H,2-8,11-14,16H2,1H3,(H,23,26)/p+1/t17-,21-/m0/s1. The molecular formula is C22H34N3O3S+. The highest BCUT2D eigenvalue weighted by molar-refractivity contribution is 7.89. The molecule has 0 aromatic heterocycles. The summed E-state index contributed by atoms with van der Waals surface area (Å²) in [6.45, 7) is 4.97. The number of piperazine rings is 1. The molecule has 160 valence electrons. The normalized spacial score (nSPS) is 26.2. The number of sulfonamides is 1. The number of nitrogens with zero attached hydrogens (tertiary/aromatic N) is 1. The van der Waals surface area contributed by atoms with Gasteiger partial charge in [-0.15, -0.1) is 0 Å². The Kier molecular flexibility index (Phi) is 6.27. The zero-order valence-corrected chi connectivity index (χ0v) is 18.3. The van der Waals surface area contributed by atoms with Gasteiger partial charge in [0.1, 0.15) is 0 Å². The van der Waals surface area contributed by atoms with Crippen LogP contribution in [0, 0.1) is 5.92 Å². The fraction of sp³-hybridized carbons (Fsp3) is 0.682. The van der Waals surface area contributed by atoms with Gasteiger partial charge in [-0.1, -0.05) is 25.8 Å². The average molecular weight is 421 g/mol. The van der Waals surface area contributed by atoms with E-state index in [9.17, 15) is 13.2 Å². The molecule has 1 saturated carbocycles. The first-order valence-electron chi connectivity index (χ1n) is 11.2. The highest BCUT2D eigenvalue weighted by Gasteiger charge is 2.32. The highest BCUT2D eigenvalue weighted by Crippen LogP contribution is 2.26. The molecule has 1 amide bonds. The van der Waals surface area contributed by atoms with Crippen molar-refractivity contribution in [3.63, 3.8) is 0 Å². The molecule has 4 rings (SSSR count). The SMILES string of the molecule is C[C@H]1CCCC[C@@H]1NC(=O)C[NH+]1CCN(S(=O)(=O)c2ccc3c(c2)CCC3)CC1. The number of hydrogen-bond donors (Lipinski definition) is 2. The molecule has 0 unspecified atom stereocenters. The molecule has 0 radical (unpaired) electrons. The van der Waals surface area contributed by atoms with E-state index in [4.69, 9.17) is 0 Å². The highest BCUT2D eigenvalue weighted by atomic mass is 32.2. The number of rotatable bonds is 5. The van der Waals surface area contributed by atoms with E-state index >= 15 is 0 Å². The van der Waals surface area contributed by atoms with Gasteiger partial charge in [-0.05, 0) is 61.3 Å². The zero-order valence-electron chi connectivity index (χ0n) is 17.5. The van der Waals surface area contributed by atoms with E-state index in [1.807, 2.05) is 12.1 Å². The van der Waals surface area contributed by atoms with E-state index in [1.54, 1.807) is 10.4 Å². The maximum absolute atomic E-state index is 13.1. The number of carbonyl (C=O) groups is 1. The average Bonchev–Trinajstić information content (AvgIpc) is 3.18. The van der Waals surface area contributed by atoms with Gasteiger partial charge in [0.15, 0.2) is 6.54 Å². The molecule has 2 atom stereocenters. The number of hydrogen-bond acceptors (Lipinski definition) is 3. The Hall–Kier alpha value is -1.44. The minimum absolute atomic E-state index is 0.105. The van der Waals surface area contributed by atoms with Gasteiger partial charge >= 0.3 is 0 Å². The molecule has 3 aliphatic rings. The number of nitrogens with one attached hydrogen (secondary N) is 2. The van der Waals surface area contributed by atoms with E-state index in [1.165, 1.54) is 35.3 Å². The topological polar surface area (TPSA) is 70.9 Å². The van der Waals surface area contributed by atoms with Gasteiger partial charge in [-0.3, -0.25) is 4.79 Å². The number of amides is 1. The molecule has 1 aliphatic heterocycles. The van der Waals surface area contributed by atoms with Crippen molar-refractivity contribution in [2.24, 2.45) is 5.92 Å². The predicted molar refractivity (Wildman–Crippen MR) is 112 cm³/mol. The lowest BCUT2D eigenvalue weighted by molar-refractivity contribution is -0.895. The number of fused-ring (bicyclic) bond motifs is 1. The summed E-state index contributed by atoms with van der Waals surface area (Å²) >= 11 is 0. The Morgan fingerprint density at radius 3 is 2.59 bits per heavy atom. The molecule has 2 N–H and O–H groups in total. The largest absolute Gasteiger partial charge is 0.348 e. The van der Waals surface area contributed by atoms with Crippen molar-refractivity contribution >= 4 is 15.9 Å². The minimum Gasteiger partial charge on any atom is -0.348 e. The summed E-state index contributed by atoms with van der Waals surface area (Å²) in [4.78, 5) is 14.1. The molecule has 2 fully saturated rings. The molecule has 1 aromatic carbocycles. The number of carbonyl (C=O) groups excluding carboxylic acids is 1. The van der Waals surface area contributed by atoms with Gasteiger partial charge in [-0.25, -0.2) is 8.42 Å². The third kappa shape index (κ3) is 4.67. The number of benzene rings is 1. The Morgan fingerprint density at radius 2 is 1.83 bits per heavy atom. The smallest absolute Gasteiger partial charge is 0.275 e. The van der Waals surface area contributed by atoms with Gasteiger partial charge in [0.05, 0.1) is 31.1 Å². The summed E-state index contributed by atoms with van der Waals surface area (Å²) in [5.41, 5.74) is 2.47. The lowest BCUT2D eigenvalue weighted by atomic mass is 9.86. The van der Waals surface area contributed by atoms with E-state index < -0.39 is 10.0 Å². The van der Waals surface area contributed by atoms with Gasteiger partial charge in [-0.2, -0.15) is 4.31 Å². The number of aryl methyl sites for hydroxylation is 2. The van der Waals surface area contributed by atoms with Crippen LogP contribution in [0.5, 0.6) is 0 Å². The van der Waals surface area contributed by atoms with Crippen molar-refractivity contribution in [1.29, 1.82) is 0 Å². The van der Waals surface area contributed by atoms with Crippen LogP contribution in [-0.2, 0) is 27.7 Å². The zero-order chi connectivity index (χ0) is 20.4. The van der Waals surface area contributed by atoms with E-state index in [0.717, 1.165) is 25.7 Å². The van der Waals surface area contributed by atoms with Crippen molar-refractivity contribution in [3.05, 3.63) is 29.3 Å². The summed E-state index contributed by atoms with van der Waals surface area (Å²) < 4.78 is 27.7. The maximum atomic E-state index is 13.1. The van der Waals surface area contributed by atoms with Crippen LogP contribution in [-0.4, -0.2) is 57.4 Å². The molecule has 0 spiro atoms. The summed E-state index contributed by atoms with van der Waals surface area (Å²) in [6.07, 6.45) is 7.88. The maximum Gasteiger partial charge on any atom is 0.275 e. The molecule has 2 aliphatic carbocycles. The van der Waals surface area contributed by atoms with Gasteiger partial charge in [0.2, 0.25) is 10.0 Å². The van der Waals surface area contributed by atoms with Crippen LogP contribution in [0.15, 0.2) is 23.1 Å². The predicted octanol–water partition coefficient (Wildman–Crippen LogP) is 0.759. The Morgan fingerprint density at radius 1 is 1.10 bits per heavy atom.